The molecule has 0 aromatic heterocycles. The van der Waals surface area contributed by atoms with Gasteiger partial charge in [0.15, 0.2) is 5.71 Å². The van der Waals surface area contributed by atoms with E-state index >= 15 is 0 Å². The Morgan fingerprint density at radius 3 is 1.77 bits per heavy atom. The number of hydrogen-bond donors (Lipinski definition) is 3. The molecule has 65 heavy (non-hydrogen) atoms. The number of carboxylic acids is 1. The van der Waals surface area contributed by atoms with Crippen LogP contribution in [-0.4, -0.2) is 141 Å². The average Bonchev–Trinajstić information content (AvgIpc) is 3.63. The van der Waals surface area contributed by atoms with Gasteiger partial charge in [-0.1, -0.05) is 30.4 Å². The molecule has 0 amide bonds. The summed E-state index contributed by atoms with van der Waals surface area (Å²) in [6, 6.07) is 9.28. The number of allylic oxidation sites excluding steroid dienone is 8. The summed E-state index contributed by atoms with van der Waals surface area (Å²) in [7, 11) is -5.74. The van der Waals surface area contributed by atoms with Crippen LogP contribution in [0.25, 0.3) is 0 Å². The summed E-state index contributed by atoms with van der Waals surface area (Å²) in [6.45, 7) is 11.3. The Kier molecular flexibility index (Phi) is 21.2. The highest BCUT2D eigenvalue weighted by atomic mass is 32.2. The van der Waals surface area contributed by atoms with Crippen LogP contribution in [0.15, 0.2) is 94.4 Å². The number of aliphatic carboxylic acids is 1. The van der Waals surface area contributed by atoms with Gasteiger partial charge >= 0.3 is 5.97 Å². The topological polar surface area (TPSA) is 208 Å². The molecule has 0 saturated carbocycles. The Morgan fingerprint density at radius 1 is 0.677 bits per heavy atom. The van der Waals surface area contributed by atoms with Crippen LogP contribution in [0.2, 0.25) is 0 Å². The summed E-state index contributed by atoms with van der Waals surface area (Å²) in [5, 5.41) is 9.18. The van der Waals surface area contributed by atoms with Gasteiger partial charge < -0.3 is 38.4 Å². The molecule has 0 saturated heterocycles. The maximum Gasteiger partial charge on any atom is 0.303 e. The van der Waals surface area contributed by atoms with Gasteiger partial charge in [-0.2, -0.15) is 21.4 Å². The number of unbranched alkanes of at least 4 members (excludes halogenated alkanes) is 2. The molecule has 2 aromatic carbocycles. The normalized spacial score (nSPS) is 19.5. The van der Waals surface area contributed by atoms with E-state index in [4.69, 9.17) is 28.4 Å². The molecule has 360 valence electrons. The number of carboxylic acid groups (broad SMARTS) is 1. The minimum atomic E-state index is -4.50. The third kappa shape index (κ3) is 15.0. The number of fused-ring (bicyclic) bond motifs is 2. The maximum atomic E-state index is 12.3. The van der Waals surface area contributed by atoms with Gasteiger partial charge in [-0.3, -0.25) is 13.9 Å². The van der Waals surface area contributed by atoms with E-state index in [1.807, 2.05) is 63.3 Å². The molecule has 2 unspecified atom stereocenters. The van der Waals surface area contributed by atoms with Crippen LogP contribution < -0.4 is 4.90 Å². The van der Waals surface area contributed by atoms with Gasteiger partial charge in [0, 0.05) is 81.3 Å². The number of methoxy groups -OCH3 is 2. The molecule has 0 radical (unpaired) electrons. The maximum absolute atomic E-state index is 12.3. The molecule has 4 rings (SSSR count). The average molecular weight is 948 g/mol. The van der Waals surface area contributed by atoms with Crippen molar-refractivity contribution in [2.75, 3.05) is 98.3 Å². The standard InChI is InChI=1S/C47H66N2O14S2/c1-6-48-41-20-18-37(64(52,53)54)35-39(41)46(2,22-25-60-31-33-62-29-27-58-4)43(48)15-11-8-7-9-12-16-44-47(3,23-26-61-32-34-63-30-28-59-5)40-36-38(65(55,56)57)19-21-42(40)49(44)24-14-10-13-17-45(50)51/h7-9,11-12,15-16,18-21,35-36H,6,10,13-14,17,22-34H2,1-5H3,(H2-,50,51,52,53,54,55,56,57)/p+1. The van der Waals surface area contributed by atoms with Crippen LogP contribution in [0.4, 0.5) is 11.4 Å². The molecular weight excluding hydrogens is 881 g/mol. The van der Waals surface area contributed by atoms with Gasteiger partial charge in [-0.15, -0.1) is 0 Å². The molecule has 16 nitrogen and oxygen atoms in total. The van der Waals surface area contributed by atoms with Crippen LogP contribution >= 0.6 is 0 Å². The first-order valence-corrected chi connectivity index (χ1v) is 24.8. The third-order valence-electron chi connectivity index (χ3n) is 11.7. The van der Waals surface area contributed by atoms with Crippen molar-refractivity contribution in [3.63, 3.8) is 0 Å². The van der Waals surface area contributed by atoms with E-state index in [-0.39, 0.29) is 16.2 Å². The second kappa shape index (κ2) is 25.7. The van der Waals surface area contributed by atoms with E-state index < -0.39 is 37.0 Å². The Balaban J connectivity index is 1.62. The first kappa shape index (κ1) is 53.5. The first-order chi connectivity index (χ1) is 31.0. The summed E-state index contributed by atoms with van der Waals surface area (Å²) in [5.74, 6) is -0.849. The minimum Gasteiger partial charge on any atom is -0.481 e. The highest BCUT2D eigenvalue weighted by Crippen LogP contribution is 2.50. The number of ether oxygens (including phenoxy) is 6. The predicted octanol–water partition coefficient (Wildman–Crippen LogP) is 6.67. The number of hydrogen-bond acceptors (Lipinski definition) is 12. The van der Waals surface area contributed by atoms with Gasteiger partial charge in [0.05, 0.1) is 68.1 Å². The fourth-order valence-electron chi connectivity index (χ4n) is 8.18. The van der Waals surface area contributed by atoms with E-state index in [9.17, 15) is 35.8 Å². The van der Waals surface area contributed by atoms with E-state index in [2.05, 4.69) is 9.48 Å². The molecule has 0 spiro atoms. The molecule has 2 aromatic rings. The van der Waals surface area contributed by atoms with Crippen molar-refractivity contribution in [1.29, 1.82) is 0 Å². The molecule has 2 atom stereocenters. The summed E-state index contributed by atoms with van der Waals surface area (Å²) < 4.78 is 104. The lowest BCUT2D eigenvalue weighted by molar-refractivity contribution is -0.438. The van der Waals surface area contributed by atoms with Crippen LogP contribution in [-0.2, 0) is 64.3 Å². The van der Waals surface area contributed by atoms with Crippen LogP contribution in [0.1, 0.15) is 70.4 Å². The first-order valence-electron chi connectivity index (χ1n) is 21.9. The fourth-order valence-corrected chi connectivity index (χ4v) is 9.20. The zero-order valence-electron chi connectivity index (χ0n) is 38.3. The summed E-state index contributed by atoms with van der Waals surface area (Å²) in [4.78, 5) is 12.9. The highest BCUT2D eigenvalue weighted by Gasteiger charge is 2.48. The van der Waals surface area contributed by atoms with Gasteiger partial charge in [-0.05, 0) is 88.4 Å². The Bertz CT molecular complexity index is 2270. The molecule has 2 aliphatic rings. The summed E-state index contributed by atoms with van der Waals surface area (Å²) in [5.41, 5.74) is 3.55. The van der Waals surface area contributed by atoms with Crippen molar-refractivity contribution in [3.8, 4) is 0 Å². The Labute approximate surface area is 384 Å². The number of nitrogens with zero attached hydrogens (tertiary/aromatic N) is 2. The molecule has 2 aliphatic heterocycles. The van der Waals surface area contributed by atoms with E-state index in [0.29, 0.717) is 111 Å². The van der Waals surface area contributed by atoms with E-state index in [0.717, 1.165) is 33.9 Å². The molecule has 3 N–H and O–H groups in total. The number of carbonyl (C=O) groups is 1. The lowest BCUT2D eigenvalue weighted by Gasteiger charge is -2.30. The summed E-state index contributed by atoms with van der Waals surface area (Å²) in [6.07, 6.45) is 16.4. The fraction of sp³-hybridized carbons (Fsp3) is 0.532. The van der Waals surface area contributed by atoms with Crippen molar-refractivity contribution in [2.24, 2.45) is 0 Å². The van der Waals surface area contributed by atoms with Crippen molar-refractivity contribution < 1.29 is 68.8 Å². The molecule has 0 fully saturated rings. The Morgan fingerprint density at radius 2 is 1.20 bits per heavy atom. The monoisotopic (exact) mass is 947 g/mol. The number of likely N-dealkylation sites (N-methyl/N-ethyl adjacent to an activating group) is 1. The van der Waals surface area contributed by atoms with E-state index in [1.165, 1.54) is 24.3 Å². The summed E-state index contributed by atoms with van der Waals surface area (Å²) >= 11 is 0. The largest absolute Gasteiger partial charge is 0.481 e. The number of rotatable bonds is 31. The van der Waals surface area contributed by atoms with E-state index in [1.54, 1.807) is 26.4 Å². The van der Waals surface area contributed by atoms with Crippen molar-refractivity contribution in [2.45, 2.75) is 79.9 Å². The second-order valence-corrected chi connectivity index (χ2v) is 18.9. The van der Waals surface area contributed by atoms with Crippen molar-refractivity contribution in [1.82, 2.24) is 0 Å². The molecule has 18 heteroatoms. The minimum absolute atomic E-state index is 0.0713. The third-order valence-corrected chi connectivity index (χ3v) is 13.4. The zero-order valence-corrected chi connectivity index (χ0v) is 39.9. The SMILES string of the molecule is CCN1/C(=C/C=C/C=C/C=C/C2=[N+](CCCCCC(=O)O)c3ccc(S(=O)(=O)O)cc3C2(C)CCOCCOCCOC)C(C)(CCOCCOCCOC)c2cc(S(=O)(=O)O)ccc21. The Hall–Kier alpha value is -4.08. The van der Waals surface area contributed by atoms with Gasteiger partial charge in [0.25, 0.3) is 20.2 Å². The predicted molar refractivity (Wildman–Crippen MR) is 248 cm³/mol. The van der Waals surface area contributed by atoms with Gasteiger partial charge in [0.1, 0.15) is 6.54 Å². The number of anilines is 1. The number of benzene rings is 2. The lowest BCUT2D eigenvalue weighted by atomic mass is 9.76. The van der Waals surface area contributed by atoms with Crippen LogP contribution in [0, 0.1) is 0 Å². The quantitative estimate of drug-likeness (QED) is 0.0312. The molecular formula is C47H67N2O14S2+. The van der Waals surface area contributed by atoms with Crippen LogP contribution in [0.3, 0.4) is 0 Å². The van der Waals surface area contributed by atoms with Gasteiger partial charge in [0.2, 0.25) is 5.69 Å². The molecule has 2 heterocycles. The smallest absolute Gasteiger partial charge is 0.303 e. The second-order valence-electron chi connectivity index (χ2n) is 16.1. The highest BCUT2D eigenvalue weighted by molar-refractivity contribution is 7.86. The molecule has 0 aliphatic carbocycles. The van der Waals surface area contributed by atoms with Crippen molar-refractivity contribution >= 4 is 43.3 Å². The lowest BCUT2D eigenvalue weighted by Crippen LogP contribution is -2.33. The molecule has 0 bridgehead atoms. The zero-order chi connectivity index (χ0) is 47.5. The van der Waals surface area contributed by atoms with Crippen molar-refractivity contribution in [3.05, 3.63) is 95.8 Å². The van der Waals surface area contributed by atoms with Gasteiger partial charge in [-0.25, -0.2) is 0 Å². The van der Waals surface area contributed by atoms with Crippen LogP contribution in [0.5, 0.6) is 0 Å².